The third kappa shape index (κ3) is 3.90. The van der Waals surface area contributed by atoms with Crippen molar-refractivity contribution in [3.05, 3.63) is 77.6 Å². The van der Waals surface area contributed by atoms with Gasteiger partial charge in [0.1, 0.15) is 11.6 Å². The molecule has 1 saturated heterocycles. The highest BCUT2D eigenvalue weighted by molar-refractivity contribution is 6.31. The van der Waals surface area contributed by atoms with Crippen LogP contribution in [-0.4, -0.2) is 39.6 Å². The van der Waals surface area contributed by atoms with E-state index in [1.54, 1.807) is 18.3 Å². The summed E-state index contributed by atoms with van der Waals surface area (Å²) >= 11 is 5.99. The molecule has 0 spiro atoms. The molecular formula is C23H20ClFN7. The normalized spacial score (nSPS) is 16.3. The topological polar surface area (TPSA) is 97.8 Å². The van der Waals surface area contributed by atoms with Crippen molar-refractivity contribution >= 4 is 23.4 Å². The zero-order valence-corrected chi connectivity index (χ0v) is 17.8. The van der Waals surface area contributed by atoms with Gasteiger partial charge in [0, 0.05) is 60.6 Å². The van der Waals surface area contributed by atoms with Gasteiger partial charge in [-0.1, -0.05) is 29.8 Å². The van der Waals surface area contributed by atoms with Gasteiger partial charge >= 0.3 is 0 Å². The first kappa shape index (κ1) is 20.4. The quantitative estimate of drug-likeness (QED) is 0.490. The second kappa shape index (κ2) is 8.57. The van der Waals surface area contributed by atoms with Crippen LogP contribution in [0.1, 0.15) is 11.7 Å². The number of benzene rings is 1. The first-order chi connectivity index (χ1) is 15.6. The highest BCUT2D eigenvalue weighted by Gasteiger charge is 2.25. The molecule has 5 rings (SSSR count). The summed E-state index contributed by atoms with van der Waals surface area (Å²) in [6.45, 7) is 2.23. The number of nitrogens with zero attached hydrogens (tertiary/aromatic N) is 5. The summed E-state index contributed by atoms with van der Waals surface area (Å²) in [6.07, 6.45) is 5.14. The number of anilines is 2. The van der Waals surface area contributed by atoms with Crippen molar-refractivity contribution in [3.8, 4) is 22.4 Å². The third-order valence-electron chi connectivity index (χ3n) is 5.47. The standard InChI is InChI=1S/C23H20ClFN7/c24-17-5-3-4-15(21(17)25)16-12-30-23(26)31-22(16)14-10-18(29-11-14)19-13-32(9-8-27-19)20-6-1-2-7-28-20/h1-7,10-12,19,29H,8-9,13H2,(H2,26,30,31). The van der Waals surface area contributed by atoms with Crippen LogP contribution in [0.2, 0.25) is 5.02 Å². The van der Waals surface area contributed by atoms with Crippen molar-refractivity contribution in [3.63, 3.8) is 0 Å². The van der Waals surface area contributed by atoms with Gasteiger partial charge in [0.15, 0.2) is 0 Å². The van der Waals surface area contributed by atoms with Gasteiger partial charge in [0.2, 0.25) is 5.95 Å². The van der Waals surface area contributed by atoms with E-state index in [9.17, 15) is 4.39 Å². The Hall–Kier alpha value is -3.49. The van der Waals surface area contributed by atoms with E-state index in [2.05, 4.69) is 24.8 Å². The summed E-state index contributed by atoms with van der Waals surface area (Å²) in [5, 5.41) is 4.81. The van der Waals surface area contributed by atoms with Crippen LogP contribution >= 0.6 is 11.6 Å². The molecule has 4 aromatic rings. The van der Waals surface area contributed by atoms with Gasteiger partial charge < -0.3 is 15.6 Å². The lowest BCUT2D eigenvalue weighted by atomic mass is 10.0. The second-order valence-electron chi connectivity index (χ2n) is 7.49. The number of hydrogen-bond donors (Lipinski definition) is 2. The van der Waals surface area contributed by atoms with Gasteiger partial charge in [0.05, 0.1) is 16.8 Å². The summed E-state index contributed by atoms with van der Waals surface area (Å²) in [7, 11) is 0. The number of pyridine rings is 1. The Bertz CT molecular complexity index is 1240. The van der Waals surface area contributed by atoms with E-state index in [0.717, 1.165) is 23.6 Å². The summed E-state index contributed by atoms with van der Waals surface area (Å²) in [5.74, 6) is 0.520. The van der Waals surface area contributed by atoms with Crippen molar-refractivity contribution in [1.29, 1.82) is 0 Å². The number of hydrogen-bond acceptors (Lipinski definition) is 5. The van der Waals surface area contributed by atoms with Gasteiger partial charge in [-0.05, 0) is 24.3 Å². The minimum Gasteiger partial charge on any atom is -0.368 e. The number of nitrogens with two attached hydrogens (primary N) is 1. The number of halogens is 2. The van der Waals surface area contributed by atoms with E-state index in [0.29, 0.717) is 29.9 Å². The van der Waals surface area contributed by atoms with Crippen molar-refractivity contribution in [2.24, 2.45) is 0 Å². The van der Waals surface area contributed by atoms with Crippen LogP contribution in [0, 0.1) is 5.82 Å². The predicted octanol–water partition coefficient (Wildman–Crippen LogP) is 4.07. The number of aromatic nitrogens is 4. The maximum Gasteiger partial charge on any atom is 0.220 e. The molecule has 0 amide bonds. The fourth-order valence-corrected chi connectivity index (χ4v) is 4.08. The van der Waals surface area contributed by atoms with E-state index in [4.69, 9.17) is 22.7 Å². The minimum atomic E-state index is -0.521. The Morgan fingerprint density at radius 1 is 1.12 bits per heavy atom. The fraction of sp³-hybridized carbons (Fsp3) is 0.174. The average molecular weight is 449 g/mol. The van der Waals surface area contributed by atoms with E-state index in [1.807, 2.05) is 30.5 Å². The number of nitrogen functional groups attached to an aromatic ring is 1. The Labute approximate surface area is 189 Å². The van der Waals surface area contributed by atoms with Crippen molar-refractivity contribution < 1.29 is 4.39 Å². The second-order valence-corrected chi connectivity index (χ2v) is 7.90. The molecule has 3 aromatic heterocycles. The van der Waals surface area contributed by atoms with Crippen LogP contribution in [0.15, 0.2) is 61.1 Å². The first-order valence-corrected chi connectivity index (χ1v) is 10.6. The number of H-pyrrole nitrogens is 1. The number of aromatic amines is 1. The van der Waals surface area contributed by atoms with Crippen molar-refractivity contribution in [1.82, 2.24) is 25.3 Å². The molecule has 1 aromatic carbocycles. The number of piperazine rings is 1. The summed E-state index contributed by atoms with van der Waals surface area (Å²) in [5.41, 5.74) is 8.93. The maximum atomic E-state index is 14.7. The van der Waals surface area contributed by atoms with E-state index < -0.39 is 5.82 Å². The van der Waals surface area contributed by atoms with Gasteiger partial charge in [-0.25, -0.2) is 24.7 Å². The van der Waals surface area contributed by atoms with Crippen LogP contribution < -0.4 is 16.0 Å². The largest absolute Gasteiger partial charge is 0.368 e. The molecule has 1 aliphatic heterocycles. The molecule has 0 saturated carbocycles. The minimum absolute atomic E-state index is 0.0376. The lowest BCUT2D eigenvalue weighted by Gasteiger charge is -2.32. The SMILES string of the molecule is Nc1ncc(-c2cccc(Cl)c2F)c(-c2c[nH]c(C3CN(c4ccccn4)CC[N]3)c2)n1. The summed E-state index contributed by atoms with van der Waals surface area (Å²) in [6, 6.07) is 12.6. The highest BCUT2D eigenvalue weighted by atomic mass is 35.5. The van der Waals surface area contributed by atoms with Crippen LogP contribution in [-0.2, 0) is 0 Å². The third-order valence-corrected chi connectivity index (χ3v) is 5.76. The van der Waals surface area contributed by atoms with Crippen LogP contribution in [0.25, 0.3) is 22.4 Å². The van der Waals surface area contributed by atoms with E-state index >= 15 is 0 Å². The Morgan fingerprint density at radius 2 is 2.03 bits per heavy atom. The van der Waals surface area contributed by atoms with Crippen molar-refractivity contribution in [2.75, 3.05) is 30.3 Å². The Balaban J connectivity index is 1.47. The first-order valence-electron chi connectivity index (χ1n) is 10.2. The van der Waals surface area contributed by atoms with E-state index in [1.165, 1.54) is 12.3 Å². The molecule has 1 radical (unpaired) electrons. The zero-order valence-electron chi connectivity index (χ0n) is 17.0. The molecule has 7 nitrogen and oxygen atoms in total. The number of rotatable bonds is 4. The predicted molar refractivity (Wildman–Crippen MR) is 123 cm³/mol. The summed E-state index contributed by atoms with van der Waals surface area (Å²) in [4.78, 5) is 18.4. The molecule has 1 unspecified atom stereocenters. The average Bonchev–Trinajstić information content (AvgIpc) is 3.32. The van der Waals surface area contributed by atoms with Crippen LogP contribution in [0.4, 0.5) is 16.2 Å². The molecule has 9 heteroatoms. The van der Waals surface area contributed by atoms with Gasteiger partial charge in [-0.15, -0.1) is 0 Å². The molecule has 4 heterocycles. The molecule has 0 aliphatic carbocycles. The van der Waals surface area contributed by atoms with Crippen LogP contribution in [0.3, 0.4) is 0 Å². The Morgan fingerprint density at radius 3 is 2.88 bits per heavy atom. The van der Waals surface area contributed by atoms with E-state index in [-0.39, 0.29) is 17.0 Å². The fourth-order valence-electron chi connectivity index (χ4n) is 3.90. The zero-order chi connectivity index (χ0) is 22.1. The molecular weight excluding hydrogens is 429 g/mol. The Kier molecular flexibility index (Phi) is 5.46. The number of nitrogens with one attached hydrogen (secondary N) is 1. The molecule has 0 bridgehead atoms. The smallest absolute Gasteiger partial charge is 0.220 e. The molecule has 161 valence electrons. The molecule has 1 atom stereocenters. The lowest BCUT2D eigenvalue weighted by molar-refractivity contribution is 0.453. The van der Waals surface area contributed by atoms with Gasteiger partial charge in [-0.2, -0.15) is 0 Å². The van der Waals surface area contributed by atoms with Crippen LogP contribution in [0.5, 0.6) is 0 Å². The molecule has 1 aliphatic rings. The summed E-state index contributed by atoms with van der Waals surface area (Å²) < 4.78 is 14.7. The van der Waals surface area contributed by atoms with Gasteiger partial charge in [-0.3, -0.25) is 0 Å². The monoisotopic (exact) mass is 448 g/mol. The molecule has 1 fully saturated rings. The van der Waals surface area contributed by atoms with Gasteiger partial charge in [0.25, 0.3) is 0 Å². The molecule has 3 N–H and O–H groups in total. The van der Waals surface area contributed by atoms with Crippen molar-refractivity contribution in [2.45, 2.75) is 6.04 Å². The maximum absolute atomic E-state index is 14.7. The lowest BCUT2D eigenvalue weighted by Crippen LogP contribution is -2.43. The highest BCUT2D eigenvalue weighted by Crippen LogP contribution is 2.35. The molecule has 32 heavy (non-hydrogen) atoms.